The fourth-order valence-corrected chi connectivity index (χ4v) is 3.58. The van der Waals surface area contributed by atoms with Crippen LogP contribution in [0.5, 0.6) is 0 Å². The minimum absolute atomic E-state index is 0.0624. The molecule has 2 rings (SSSR count). The largest absolute Gasteiger partial charge is 0.277 e. The Morgan fingerprint density at radius 1 is 1.32 bits per heavy atom. The summed E-state index contributed by atoms with van der Waals surface area (Å²) in [5.41, 5.74) is 2.96. The molecule has 0 aliphatic carbocycles. The van der Waals surface area contributed by atoms with E-state index >= 15 is 0 Å². The highest BCUT2D eigenvalue weighted by Gasteiger charge is 2.30. The van der Waals surface area contributed by atoms with Gasteiger partial charge in [-0.25, -0.2) is 8.42 Å². The number of benzene rings is 1. The predicted octanol–water partition coefficient (Wildman–Crippen LogP) is 2.05. The van der Waals surface area contributed by atoms with E-state index < -0.39 is 19.9 Å². The SMILES string of the molecule is Cc1snc(S(=O)(=O)/C(C#N)=N/Nc2ccccc2)c1C#N. The summed E-state index contributed by atoms with van der Waals surface area (Å²) in [6, 6.07) is 11.9. The number of nitrogens with one attached hydrogen (secondary N) is 1. The van der Waals surface area contributed by atoms with Gasteiger partial charge in [-0.1, -0.05) is 18.2 Å². The summed E-state index contributed by atoms with van der Waals surface area (Å²) >= 11 is 0.888. The molecule has 0 aliphatic heterocycles. The molecular formula is C13H9N5O2S2. The normalized spacial score (nSPS) is 11.5. The van der Waals surface area contributed by atoms with Crippen LogP contribution in [0.15, 0.2) is 40.5 Å². The topological polar surface area (TPSA) is 119 Å². The number of nitrogens with zero attached hydrogens (tertiary/aromatic N) is 4. The average molecular weight is 331 g/mol. The van der Waals surface area contributed by atoms with Crippen molar-refractivity contribution in [2.24, 2.45) is 5.10 Å². The number of hydrogen-bond donors (Lipinski definition) is 1. The van der Waals surface area contributed by atoms with Crippen LogP contribution in [0, 0.1) is 29.6 Å². The molecule has 1 aromatic heterocycles. The highest BCUT2D eigenvalue weighted by Crippen LogP contribution is 2.23. The van der Waals surface area contributed by atoms with Crippen molar-refractivity contribution < 1.29 is 8.42 Å². The van der Waals surface area contributed by atoms with E-state index in [1.165, 1.54) is 6.07 Å². The summed E-state index contributed by atoms with van der Waals surface area (Å²) in [5, 5.41) is 20.5. The van der Waals surface area contributed by atoms with Gasteiger partial charge in [-0.3, -0.25) is 5.43 Å². The molecule has 7 nitrogen and oxygen atoms in total. The van der Waals surface area contributed by atoms with Gasteiger partial charge in [-0.15, -0.1) is 0 Å². The van der Waals surface area contributed by atoms with Crippen LogP contribution in [0.4, 0.5) is 5.69 Å². The quantitative estimate of drug-likeness (QED) is 0.522. The summed E-state index contributed by atoms with van der Waals surface area (Å²) in [6.07, 6.45) is 0. The van der Waals surface area contributed by atoms with E-state index in [1.807, 2.05) is 0 Å². The number of anilines is 1. The number of rotatable bonds is 3. The number of aromatic nitrogens is 1. The first kappa shape index (κ1) is 15.6. The van der Waals surface area contributed by atoms with Gasteiger partial charge in [0.05, 0.1) is 5.69 Å². The van der Waals surface area contributed by atoms with Crippen molar-refractivity contribution in [2.45, 2.75) is 11.9 Å². The summed E-state index contributed by atoms with van der Waals surface area (Å²) in [4.78, 5) is 0.467. The van der Waals surface area contributed by atoms with E-state index in [1.54, 1.807) is 43.3 Å². The van der Waals surface area contributed by atoms with Crippen molar-refractivity contribution in [1.29, 1.82) is 10.5 Å². The maximum absolute atomic E-state index is 12.4. The summed E-state index contributed by atoms with van der Waals surface area (Å²) in [6.45, 7) is 1.58. The number of nitriles is 2. The number of para-hydroxylation sites is 1. The van der Waals surface area contributed by atoms with Crippen molar-refractivity contribution in [3.05, 3.63) is 40.8 Å². The minimum atomic E-state index is -4.24. The summed E-state index contributed by atoms with van der Waals surface area (Å²) < 4.78 is 28.5. The highest BCUT2D eigenvalue weighted by molar-refractivity contribution is 8.07. The lowest BCUT2D eigenvalue weighted by Gasteiger charge is -2.01. The monoisotopic (exact) mass is 331 g/mol. The predicted molar refractivity (Wildman–Crippen MR) is 81.9 cm³/mol. The Hall–Kier alpha value is -2.75. The fourth-order valence-electron chi connectivity index (χ4n) is 1.53. The molecule has 0 spiro atoms. The molecule has 0 amide bonds. The third-order valence-electron chi connectivity index (χ3n) is 2.61. The molecule has 1 heterocycles. The molecule has 9 heteroatoms. The molecular weight excluding hydrogens is 322 g/mol. The van der Waals surface area contributed by atoms with Crippen LogP contribution in [-0.4, -0.2) is 17.8 Å². The standard InChI is InChI=1S/C13H9N5O2S2/c1-9-11(7-14)13(18-21-9)22(19,20)12(8-15)17-16-10-5-3-2-4-6-10/h2-6,16H,1H3/b17-12+. The number of hydrogen-bond acceptors (Lipinski definition) is 8. The first-order chi connectivity index (χ1) is 10.5. The van der Waals surface area contributed by atoms with Gasteiger partial charge in [0.2, 0.25) is 0 Å². The Balaban J connectivity index is 2.42. The Morgan fingerprint density at radius 2 is 2.00 bits per heavy atom. The van der Waals surface area contributed by atoms with Crippen molar-refractivity contribution >= 4 is 32.1 Å². The van der Waals surface area contributed by atoms with Crippen molar-refractivity contribution in [3.8, 4) is 12.1 Å². The molecule has 0 radical (unpaired) electrons. The van der Waals surface area contributed by atoms with E-state index in [0.29, 0.717) is 10.6 Å². The Kier molecular flexibility index (Phi) is 4.51. The van der Waals surface area contributed by atoms with Crippen LogP contribution < -0.4 is 5.43 Å². The average Bonchev–Trinajstić information content (AvgIpc) is 2.90. The third-order valence-corrected chi connectivity index (χ3v) is 4.97. The van der Waals surface area contributed by atoms with E-state index in [-0.39, 0.29) is 5.56 Å². The molecule has 2 aromatic rings. The van der Waals surface area contributed by atoms with E-state index in [0.717, 1.165) is 11.5 Å². The van der Waals surface area contributed by atoms with Crippen molar-refractivity contribution in [1.82, 2.24) is 4.37 Å². The van der Waals surface area contributed by atoms with Gasteiger partial charge < -0.3 is 0 Å². The van der Waals surface area contributed by atoms with Gasteiger partial charge in [-0.05, 0) is 30.6 Å². The summed E-state index contributed by atoms with van der Waals surface area (Å²) in [5.74, 6) is 0. The maximum atomic E-state index is 12.4. The summed E-state index contributed by atoms with van der Waals surface area (Å²) in [7, 11) is -4.24. The molecule has 0 bridgehead atoms. The second kappa shape index (κ2) is 6.35. The van der Waals surface area contributed by atoms with Gasteiger partial charge >= 0.3 is 0 Å². The smallest absolute Gasteiger partial charge is 0.258 e. The molecule has 110 valence electrons. The molecule has 0 atom stereocenters. The second-order valence-electron chi connectivity index (χ2n) is 4.04. The second-order valence-corrected chi connectivity index (χ2v) is 6.80. The van der Waals surface area contributed by atoms with E-state index in [2.05, 4.69) is 14.9 Å². The van der Waals surface area contributed by atoms with Gasteiger partial charge in [0.1, 0.15) is 17.7 Å². The number of hydrazone groups is 1. The molecule has 0 saturated carbocycles. The van der Waals surface area contributed by atoms with Crippen LogP contribution in [0.1, 0.15) is 10.4 Å². The van der Waals surface area contributed by atoms with Crippen LogP contribution in [0.2, 0.25) is 0 Å². The minimum Gasteiger partial charge on any atom is -0.277 e. The van der Waals surface area contributed by atoms with Crippen molar-refractivity contribution in [3.63, 3.8) is 0 Å². The lowest BCUT2D eigenvalue weighted by Crippen LogP contribution is -2.16. The zero-order chi connectivity index (χ0) is 16.2. The van der Waals surface area contributed by atoms with Crippen LogP contribution in [0.3, 0.4) is 0 Å². The zero-order valence-electron chi connectivity index (χ0n) is 11.3. The van der Waals surface area contributed by atoms with Gasteiger partial charge in [0.15, 0.2) is 5.03 Å². The Labute approximate surface area is 131 Å². The molecule has 0 unspecified atom stereocenters. The lowest BCUT2D eigenvalue weighted by molar-refractivity contribution is 0.605. The van der Waals surface area contributed by atoms with E-state index in [4.69, 9.17) is 10.5 Å². The van der Waals surface area contributed by atoms with Crippen LogP contribution >= 0.6 is 11.5 Å². The first-order valence-corrected chi connectivity index (χ1v) is 8.16. The fraction of sp³-hybridized carbons (Fsp3) is 0.0769. The van der Waals surface area contributed by atoms with Gasteiger partial charge in [0, 0.05) is 4.88 Å². The molecule has 0 fully saturated rings. The van der Waals surface area contributed by atoms with Crippen LogP contribution in [-0.2, 0) is 9.84 Å². The van der Waals surface area contributed by atoms with E-state index in [9.17, 15) is 8.42 Å². The molecule has 0 saturated heterocycles. The van der Waals surface area contributed by atoms with Gasteiger partial charge in [0.25, 0.3) is 14.9 Å². The molecule has 1 aromatic carbocycles. The third kappa shape index (κ3) is 2.96. The highest BCUT2D eigenvalue weighted by atomic mass is 32.2. The Bertz CT molecular complexity index is 902. The maximum Gasteiger partial charge on any atom is 0.258 e. The number of sulfone groups is 1. The van der Waals surface area contributed by atoms with Crippen molar-refractivity contribution in [2.75, 3.05) is 5.43 Å². The Morgan fingerprint density at radius 3 is 2.59 bits per heavy atom. The van der Waals surface area contributed by atoms with Crippen LogP contribution in [0.25, 0.3) is 0 Å². The number of aryl methyl sites for hydroxylation is 1. The molecule has 0 aliphatic rings. The molecule has 1 N–H and O–H groups in total. The molecule has 22 heavy (non-hydrogen) atoms. The lowest BCUT2D eigenvalue weighted by atomic mass is 10.3. The van der Waals surface area contributed by atoms with Gasteiger partial charge in [-0.2, -0.15) is 20.0 Å². The zero-order valence-corrected chi connectivity index (χ0v) is 12.9. The first-order valence-electron chi connectivity index (χ1n) is 5.91.